The molecule has 3 aromatic rings. The third kappa shape index (κ3) is 4.00. The van der Waals surface area contributed by atoms with Crippen LogP contribution in [0.1, 0.15) is 29.8 Å². The van der Waals surface area contributed by atoms with Gasteiger partial charge in [-0.3, -0.25) is 9.48 Å². The van der Waals surface area contributed by atoms with Crippen LogP contribution in [0, 0.1) is 19.7 Å². The van der Waals surface area contributed by atoms with Crippen molar-refractivity contribution < 1.29 is 17.6 Å². The molecule has 1 heterocycles. The zero-order valence-corrected chi connectivity index (χ0v) is 18.4. The van der Waals surface area contributed by atoms with E-state index in [1.54, 1.807) is 52.1 Å². The summed E-state index contributed by atoms with van der Waals surface area (Å²) < 4.78 is 42.1. The molecular weight excluding hydrogens is 405 g/mol. The SMILES string of the molecule is Cc1nn(C)c(C)c1N(C(=O)C(C)c1ccc(-c2ccccc2)c(F)c1)S(C)(=O)=O. The molecule has 1 atom stereocenters. The van der Waals surface area contributed by atoms with E-state index in [2.05, 4.69) is 5.10 Å². The number of hydrogen-bond donors (Lipinski definition) is 0. The van der Waals surface area contributed by atoms with Crippen LogP contribution in [0.25, 0.3) is 11.1 Å². The van der Waals surface area contributed by atoms with E-state index < -0.39 is 27.7 Å². The number of aryl methyl sites for hydroxylation is 2. The van der Waals surface area contributed by atoms with Gasteiger partial charge in [-0.05, 0) is 38.0 Å². The second-order valence-electron chi connectivity index (χ2n) is 7.34. The van der Waals surface area contributed by atoms with Crippen LogP contribution in [0.15, 0.2) is 48.5 Å². The summed E-state index contributed by atoms with van der Waals surface area (Å²) in [7, 11) is -2.25. The number of sulfonamides is 1. The number of anilines is 1. The van der Waals surface area contributed by atoms with Gasteiger partial charge in [0.05, 0.1) is 23.6 Å². The maximum Gasteiger partial charge on any atom is 0.248 e. The molecule has 6 nitrogen and oxygen atoms in total. The highest BCUT2D eigenvalue weighted by Gasteiger charge is 2.34. The fourth-order valence-electron chi connectivity index (χ4n) is 3.47. The van der Waals surface area contributed by atoms with Gasteiger partial charge in [0.2, 0.25) is 15.9 Å². The first-order valence-corrected chi connectivity index (χ1v) is 11.3. The molecule has 8 heteroatoms. The fourth-order valence-corrected chi connectivity index (χ4v) is 4.55. The fraction of sp³-hybridized carbons (Fsp3) is 0.273. The predicted molar refractivity (Wildman–Crippen MR) is 115 cm³/mol. The van der Waals surface area contributed by atoms with Crippen LogP contribution in [0.2, 0.25) is 0 Å². The van der Waals surface area contributed by atoms with Crippen molar-refractivity contribution in [1.29, 1.82) is 0 Å². The van der Waals surface area contributed by atoms with Gasteiger partial charge in [-0.1, -0.05) is 42.5 Å². The molecule has 2 aromatic carbocycles. The number of benzene rings is 2. The van der Waals surface area contributed by atoms with Gasteiger partial charge < -0.3 is 0 Å². The van der Waals surface area contributed by atoms with Crippen molar-refractivity contribution in [1.82, 2.24) is 9.78 Å². The maximum absolute atomic E-state index is 14.8. The van der Waals surface area contributed by atoms with E-state index in [0.717, 1.165) is 16.1 Å². The Morgan fingerprint density at radius 3 is 2.27 bits per heavy atom. The average molecular weight is 430 g/mol. The van der Waals surface area contributed by atoms with Crippen molar-refractivity contribution in [3.05, 3.63) is 71.3 Å². The van der Waals surface area contributed by atoms with Gasteiger partial charge in [-0.15, -0.1) is 0 Å². The van der Waals surface area contributed by atoms with E-state index >= 15 is 0 Å². The van der Waals surface area contributed by atoms with Crippen molar-refractivity contribution in [2.45, 2.75) is 26.7 Å². The Labute approximate surface area is 176 Å². The Morgan fingerprint density at radius 2 is 1.77 bits per heavy atom. The second-order valence-corrected chi connectivity index (χ2v) is 9.17. The highest BCUT2D eigenvalue weighted by atomic mass is 32.2. The zero-order chi connectivity index (χ0) is 22.2. The minimum absolute atomic E-state index is 0.234. The van der Waals surface area contributed by atoms with Crippen LogP contribution < -0.4 is 4.31 Å². The molecule has 1 aromatic heterocycles. The Morgan fingerprint density at radius 1 is 1.13 bits per heavy atom. The predicted octanol–water partition coefficient (Wildman–Crippen LogP) is 3.94. The smallest absolute Gasteiger partial charge is 0.248 e. The molecule has 0 saturated heterocycles. The number of nitrogens with zero attached hydrogens (tertiary/aromatic N) is 3. The zero-order valence-electron chi connectivity index (χ0n) is 17.5. The van der Waals surface area contributed by atoms with Crippen molar-refractivity contribution in [3.8, 4) is 11.1 Å². The summed E-state index contributed by atoms with van der Waals surface area (Å²) in [6, 6.07) is 13.6. The summed E-state index contributed by atoms with van der Waals surface area (Å²) in [6.07, 6.45) is 0.975. The van der Waals surface area contributed by atoms with Crippen LogP contribution in [0.4, 0.5) is 10.1 Å². The number of aromatic nitrogens is 2. The highest BCUT2D eigenvalue weighted by Crippen LogP contribution is 2.32. The summed E-state index contributed by atoms with van der Waals surface area (Å²) in [4.78, 5) is 13.3. The number of halogens is 1. The Kier molecular flexibility index (Phi) is 5.81. The van der Waals surface area contributed by atoms with Crippen LogP contribution in [0.3, 0.4) is 0 Å². The van der Waals surface area contributed by atoms with E-state index in [0.29, 0.717) is 22.5 Å². The van der Waals surface area contributed by atoms with E-state index in [1.165, 1.54) is 10.7 Å². The lowest BCUT2D eigenvalue weighted by Gasteiger charge is -2.24. The van der Waals surface area contributed by atoms with Gasteiger partial charge in [-0.25, -0.2) is 17.1 Å². The lowest BCUT2D eigenvalue weighted by Crippen LogP contribution is -2.39. The largest absolute Gasteiger partial charge is 0.273 e. The molecule has 0 N–H and O–H groups in total. The molecule has 0 radical (unpaired) electrons. The molecule has 0 aliphatic heterocycles. The summed E-state index contributed by atoms with van der Waals surface area (Å²) in [5.41, 5.74) is 2.73. The number of hydrogen-bond acceptors (Lipinski definition) is 4. The monoisotopic (exact) mass is 429 g/mol. The second kappa shape index (κ2) is 8.02. The lowest BCUT2D eigenvalue weighted by molar-refractivity contribution is -0.118. The van der Waals surface area contributed by atoms with E-state index in [1.807, 2.05) is 18.2 Å². The van der Waals surface area contributed by atoms with Crippen LogP contribution >= 0.6 is 0 Å². The molecule has 0 bridgehead atoms. The third-order valence-electron chi connectivity index (χ3n) is 5.15. The van der Waals surface area contributed by atoms with E-state index in [4.69, 9.17) is 0 Å². The normalized spacial score (nSPS) is 12.6. The van der Waals surface area contributed by atoms with Crippen LogP contribution in [-0.4, -0.2) is 30.4 Å². The van der Waals surface area contributed by atoms with Crippen molar-refractivity contribution in [2.75, 3.05) is 10.6 Å². The van der Waals surface area contributed by atoms with Gasteiger partial charge in [-0.2, -0.15) is 5.10 Å². The Balaban J connectivity index is 2.01. The van der Waals surface area contributed by atoms with Crippen molar-refractivity contribution in [2.24, 2.45) is 7.05 Å². The Hall–Kier alpha value is -3.00. The topological polar surface area (TPSA) is 72.3 Å². The quantitative estimate of drug-likeness (QED) is 0.616. The molecular formula is C22H24FN3O3S. The average Bonchev–Trinajstić information content (AvgIpc) is 2.93. The third-order valence-corrected chi connectivity index (χ3v) is 6.18. The number of rotatable bonds is 5. The van der Waals surface area contributed by atoms with Gasteiger partial charge in [0.1, 0.15) is 11.5 Å². The minimum atomic E-state index is -3.93. The van der Waals surface area contributed by atoms with E-state index in [9.17, 15) is 17.6 Å². The summed E-state index contributed by atoms with van der Waals surface area (Å²) in [6.45, 7) is 4.91. The standard InChI is InChI=1S/C22H24FN3O3S/c1-14(18-11-12-19(20(23)13-18)17-9-7-6-8-10-17)22(27)26(30(5,28)29)21-15(2)24-25(4)16(21)3/h6-14H,1-5H3. The molecule has 0 spiro atoms. The first-order chi connectivity index (χ1) is 14.0. The van der Waals surface area contributed by atoms with Gasteiger partial charge in [0.25, 0.3) is 0 Å². The number of amides is 1. The molecule has 30 heavy (non-hydrogen) atoms. The minimum Gasteiger partial charge on any atom is -0.273 e. The van der Waals surface area contributed by atoms with Crippen molar-refractivity contribution >= 4 is 21.6 Å². The Bertz CT molecular complexity index is 1200. The molecule has 1 amide bonds. The first kappa shape index (κ1) is 21.7. The molecule has 0 saturated carbocycles. The molecule has 3 rings (SSSR count). The summed E-state index contributed by atoms with van der Waals surface area (Å²) in [5.74, 6) is -2.01. The summed E-state index contributed by atoms with van der Waals surface area (Å²) in [5, 5.41) is 4.22. The van der Waals surface area contributed by atoms with Crippen molar-refractivity contribution in [3.63, 3.8) is 0 Å². The molecule has 0 aliphatic rings. The molecule has 0 fully saturated rings. The number of carbonyl (C=O) groups is 1. The molecule has 0 aliphatic carbocycles. The van der Waals surface area contributed by atoms with Gasteiger partial charge in [0, 0.05) is 12.6 Å². The molecule has 158 valence electrons. The van der Waals surface area contributed by atoms with Crippen LogP contribution in [0.5, 0.6) is 0 Å². The van der Waals surface area contributed by atoms with Gasteiger partial charge in [0.15, 0.2) is 0 Å². The maximum atomic E-state index is 14.8. The lowest BCUT2D eigenvalue weighted by atomic mass is 9.96. The van der Waals surface area contributed by atoms with E-state index in [-0.39, 0.29) is 5.69 Å². The highest BCUT2D eigenvalue weighted by molar-refractivity contribution is 7.92. The first-order valence-electron chi connectivity index (χ1n) is 9.41. The van der Waals surface area contributed by atoms with Gasteiger partial charge >= 0.3 is 0 Å². The summed E-state index contributed by atoms with van der Waals surface area (Å²) >= 11 is 0. The van der Waals surface area contributed by atoms with Crippen LogP contribution in [-0.2, 0) is 21.9 Å². The number of carbonyl (C=O) groups excluding carboxylic acids is 1. The molecule has 1 unspecified atom stereocenters.